The highest BCUT2D eigenvalue weighted by molar-refractivity contribution is 5.81. The molecular formula is C26H33N3O. The number of hydrogen-bond acceptors (Lipinski definition) is 4. The summed E-state index contributed by atoms with van der Waals surface area (Å²) in [6, 6.07) is 16.5. The van der Waals surface area contributed by atoms with E-state index in [9.17, 15) is 0 Å². The highest BCUT2D eigenvalue weighted by atomic mass is 16.5. The van der Waals surface area contributed by atoms with Crippen molar-refractivity contribution in [1.82, 2.24) is 15.3 Å². The van der Waals surface area contributed by atoms with Gasteiger partial charge in [-0.2, -0.15) is 0 Å². The van der Waals surface area contributed by atoms with Crippen LogP contribution in [-0.4, -0.2) is 28.2 Å². The summed E-state index contributed by atoms with van der Waals surface area (Å²) < 4.78 is 5.92. The molecule has 158 valence electrons. The number of hydrogen-bond donors (Lipinski definition) is 1. The molecule has 0 atom stereocenters. The van der Waals surface area contributed by atoms with Crippen molar-refractivity contribution in [3.63, 3.8) is 0 Å². The van der Waals surface area contributed by atoms with Gasteiger partial charge >= 0.3 is 0 Å². The van der Waals surface area contributed by atoms with Crippen LogP contribution < -0.4 is 5.32 Å². The Morgan fingerprint density at radius 1 is 0.967 bits per heavy atom. The predicted molar refractivity (Wildman–Crippen MR) is 126 cm³/mol. The Morgan fingerprint density at radius 3 is 2.37 bits per heavy atom. The molecule has 0 saturated heterocycles. The second-order valence-electron chi connectivity index (χ2n) is 8.87. The lowest BCUT2D eigenvalue weighted by molar-refractivity contribution is -0.0520. The first kappa shape index (κ1) is 22.0. The van der Waals surface area contributed by atoms with Gasteiger partial charge in [-0.3, -0.25) is 0 Å². The maximum absolute atomic E-state index is 5.92. The van der Waals surface area contributed by atoms with Crippen molar-refractivity contribution in [3.05, 3.63) is 66.0 Å². The Balaban J connectivity index is 1.82. The van der Waals surface area contributed by atoms with Gasteiger partial charge in [-0.1, -0.05) is 50.2 Å². The summed E-state index contributed by atoms with van der Waals surface area (Å²) in [6.07, 6.45) is 4.25. The maximum atomic E-state index is 5.92. The van der Waals surface area contributed by atoms with Crippen LogP contribution in [0.4, 0.5) is 0 Å². The van der Waals surface area contributed by atoms with Gasteiger partial charge in [-0.25, -0.2) is 9.97 Å². The van der Waals surface area contributed by atoms with E-state index in [1.54, 1.807) is 0 Å². The van der Waals surface area contributed by atoms with Crippen molar-refractivity contribution in [2.24, 2.45) is 0 Å². The van der Waals surface area contributed by atoms with E-state index in [4.69, 9.17) is 14.7 Å². The number of rotatable bonds is 8. The molecule has 3 aromatic rings. The Labute approximate surface area is 180 Å². The Kier molecular flexibility index (Phi) is 6.88. The molecule has 0 amide bonds. The molecule has 1 aromatic heterocycles. The molecule has 0 aliphatic heterocycles. The second-order valence-corrected chi connectivity index (χ2v) is 8.87. The van der Waals surface area contributed by atoms with Crippen LogP contribution in [0.25, 0.3) is 28.4 Å². The van der Waals surface area contributed by atoms with Gasteiger partial charge in [-0.05, 0) is 63.6 Å². The standard InChI is InChI=1S/C26H33N3O/c1-18(2)24-25(21-10-8-7-9-11-21)28-22-13-12-20(16-23(22)29-24)14-15-27-17-26(5,6)30-19(3)4/h7-16,18-19,27H,17H2,1-6H3/b15-14+. The average molecular weight is 404 g/mol. The quantitative estimate of drug-likeness (QED) is 0.487. The van der Waals surface area contributed by atoms with Crippen molar-refractivity contribution in [2.75, 3.05) is 6.54 Å². The summed E-state index contributed by atoms with van der Waals surface area (Å²) in [5.41, 5.74) is 5.81. The van der Waals surface area contributed by atoms with Crippen molar-refractivity contribution >= 4 is 17.1 Å². The van der Waals surface area contributed by atoms with Crippen LogP contribution in [0.1, 0.15) is 58.7 Å². The average Bonchev–Trinajstić information content (AvgIpc) is 2.69. The van der Waals surface area contributed by atoms with Crippen molar-refractivity contribution in [1.29, 1.82) is 0 Å². The summed E-state index contributed by atoms with van der Waals surface area (Å²) in [4.78, 5) is 9.92. The summed E-state index contributed by atoms with van der Waals surface area (Å²) in [7, 11) is 0. The van der Waals surface area contributed by atoms with E-state index in [-0.39, 0.29) is 11.7 Å². The van der Waals surface area contributed by atoms with E-state index in [1.165, 1.54) is 0 Å². The first-order valence-corrected chi connectivity index (χ1v) is 10.7. The molecule has 0 unspecified atom stereocenters. The molecule has 4 nitrogen and oxygen atoms in total. The molecule has 0 spiro atoms. The Hall–Kier alpha value is -2.72. The molecule has 1 N–H and O–H groups in total. The van der Waals surface area contributed by atoms with Crippen LogP contribution in [0.2, 0.25) is 0 Å². The lowest BCUT2D eigenvalue weighted by Crippen LogP contribution is -2.37. The van der Waals surface area contributed by atoms with Crippen molar-refractivity contribution in [2.45, 2.75) is 59.2 Å². The highest BCUT2D eigenvalue weighted by Gasteiger charge is 2.18. The molecule has 0 aliphatic rings. The topological polar surface area (TPSA) is 47.0 Å². The number of fused-ring (bicyclic) bond motifs is 1. The van der Waals surface area contributed by atoms with Crippen molar-refractivity contribution in [3.8, 4) is 11.3 Å². The minimum atomic E-state index is -0.215. The SMILES string of the molecule is CC(C)OC(C)(C)CN/C=C/c1ccc2nc(-c3ccccc3)c(C(C)C)nc2c1. The van der Waals surface area contributed by atoms with Gasteiger partial charge in [0.05, 0.1) is 34.1 Å². The molecule has 4 heteroatoms. The first-order chi connectivity index (χ1) is 14.2. The first-order valence-electron chi connectivity index (χ1n) is 10.7. The number of benzene rings is 2. The normalized spacial score (nSPS) is 12.4. The fraction of sp³-hybridized carbons (Fsp3) is 0.385. The van der Waals surface area contributed by atoms with Crippen LogP contribution in [0.3, 0.4) is 0 Å². The zero-order chi connectivity index (χ0) is 21.7. The smallest absolute Gasteiger partial charge is 0.0927 e. The lowest BCUT2D eigenvalue weighted by Gasteiger charge is -2.27. The van der Waals surface area contributed by atoms with Gasteiger partial charge in [0.15, 0.2) is 0 Å². The number of nitrogens with one attached hydrogen (secondary N) is 1. The number of aromatic nitrogens is 2. The highest BCUT2D eigenvalue weighted by Crippen LogP contribution is 2.28. The van der Waals surface area contributed by atoms with Gasteiger partial charge in [-0.15, -0.1) is 0 Å². The van der Waals surface area contributed by atoms with E-state index in [1.807, 2.05) is 30.5 Å². The number of nitrogens with zero attached hydrogens (tertiary/aromatic N) is 2. The molecule has 0 aliphatic carbocycles. The monoisotopic (exact) mass is 403 g/mol. The van der Waals surface area contributed by atoms with Gasteiger partial charge in [0.1, 0.15) is 0 Å². The molecule has 2 aromatic carbocycles. The zero-order valence-electron chi connectivity index (χ0n) is 18.9. The Morgan fingerprint density at radius 2 is 1.70 bits per heavy atom. The third-order valence-corrected chi connectivity index (χ3v) is 4.79. The molecular weight excluding hydrogens is 370 g/mol. The number of ether oxygens (including phenoxy) is 1. The van der Waals surface area contributed by atoms with Gasteiger partial charge in [0.25, 0.3) is 0 Å². The second kappa shape index (κ2) is 9.40. The van der Waals surface area contributed by atoms with E-state index in [2.05, 4.69) is 77.2 Å². The lowest BCUT2D eigenvalue weighted by atomic mass is 10.0. The molecule has 0 fully saturated rings. The summed E-state index contributed by atoms with van der Waals surface area (Å²) in [5, 5.41) is 3.35. The molecule has 3 rings (SSSR count). The van der Waals surface area contributed by atoms with E-state index < -0.39 is 0 Å². The minimum absolute atomic E-state index is 0.209. The molecule has 0 radical (unpaired) electrons. The molecule has 1 heterocycles. The van der Waals surface area contributed by atoms with Crippen molar-refractivity contribution < 1.29 is 4.74 Å². The third kappa shape index (κ3) is 5.67. The van der Waals surface area contributed by atoms with Crippen LogP contribution in [0, 0.1) is 0 Å². The summed E-state index contributed by atoms with van der Waals surface area (Å²) >= 11 is 0. The van der Waals surface area contributed by atoms with Gasteiger partial charge < -0.3 is 10.1 Å². The fourth-order valence-corrected chi connectivity index (χ4v) is 3.54. The molecule has 0 bridgehead atoms. The zero-order valence-corrected chi connectivity index (χ0v) is 18.9. The van der Waals surface area contributed by atoms with E-state index in [0.717, 1.165) is 40.1 Å². The molecule has 0 saturated carbocycles. The molecule has 30 heavy (non-hydrogen) atoms. The largest absolute Gasteiger partial charge is 0.388 e. The third-order valence-electron chi connectivity index (χ3n) is 4.79. The Bertz CT molecular complexity index is 1010. The van der Waals surface area contributed by atoms with Gasteiger partial charge in [0.2, 0.25) is 0 Å². The fourth-order valence-electron chi connectivity index (χ4n) is 3.54. The van der Waals surface area contributed by atoms with Gasteiger partial charge in [0, 0.05) is 12.1 Å². The summed E-state index contributed by atoms with van der Waals surface area (Å²) in [5.74, 6) is 0.293. The minimum Gasteiger partial charge on any atom is -0.388 e. The van der Waals surface area contributed by atoms with Crippen LogP contribution in [0.5, 0.6) is 0 Å². The van der Waals surface area contributed by atoms with E-state index >= 15 is 0 Å². The predicted octanol–water partition coefficient (Wildman–Crippen LogP) is 6.18. The van der Waals surface area contributed by atoms with E-state index in [0.29, 0.717) is 5.92 Å². The maximum Gasteiger partial charge on any atom is 0.0927 e. The van der Waals surface area contributed by atoms with Crippen LogP contribution in [-0.2, 0) is 4.74 Å². The van der Waals surface area contributed by atoms with Crippen LogP contribution >= 0.6 is 0 Å². The summed E-state index contributed by atoms with van der Waals surface area (Å²) in [6.45, 7) is 13.4. The van der Waals surface area contributed by atoms with Crippen LogP contribution in [0.15, 0.2) is 54.7 Å².